The van der Waals surface area contributed by atoms with Gasteiger partial charge in [0.1, 0.15) is 0 Å². The fourth-order valence-corrected chi connectivity index (χ4v) is 3.59. The molecule has 0 aliphatic rings. The van der Waals surface area contributed by atoms with Gasteiger partial charge in [0.25, 0.3) is 0 Å². The van der Waals surface area contributed by atoms with Crippen molar-refractivity contribution < 1.29 is 13.6 Å². The minimum atomic E-state index is -3.33. The van der Waals surface area contributed by atoms with Crippen LogP contribution in [0.2, 0.25) is 0 Å². The van der Waals surface area contributed by atoms with E-state index in [9.17, 15) is 4.57 Å². The molecule has 0 unspecified atom stereocenters. The van der Waals surface area contributed by atoms with Crippen LogP contribution in [0.4, 0.5) is 0 Å². The maximum atomic E-state index is 12.7. The minimum absolute atomic E-state index is 0.341. The lowest BCUT2D eigenvalue weighted by atomic mass is 10.1. The quantitative estimate of drug-likeness (QED) is 0.780. The van der Waals surface area contributed by atoms with Crippen LogP contribution in [0.25, 0.3) is 0 Å². The molecule has 0 aromatic rings. The largest absolute Gasteiger partial charge is 0.406 e. The van der Waals surface area contributed by atoms with Gasteiger partial charge in [0.2, 0.25) is 0 Å². The van der Waals surface area contributed by atoms with Gasteiger partial charge >= 0.3 is 7.75 Å². The zero-order valence-corrected chi connectivity index (χ0v) is 13.6. The smallest absolute Gasteiger partial charge is 0.291 e. The van der Waals surface area contributed by atoms with E-state index in [2.05, 4.69) is 5.09 Å². The van der Waals surface area contributed by atoms with Crippen LogP contribution in [-0.4, -0.2) is 16.7 Å². The first-order valence-corrected chi connectivity index (χ1v) is 7.47. The number of rotatable bonds is 3. The first kappa shape index (κ1) is 17.1. The molecule has 0 atom stereocenters. The predicted molar refractivity (Wildman–Crippen MR) is 72.2 cm³/mol. The average Bonchev–Trinajstić information content (AvgIpc) is 1.65. The highest BCUT2D eigenvalue weighted by molar-refractivity contribution is 7.51. The van der Waals surface area contributed by atoms with Gasteiger partial charge in [-0.1, -0.05) is 0 Å². The summed E-state index contributed by atoms with van der Waals surface area (Å²) in [5.74, 6) is 0. The Morgan fingerprint density at radius 2 is 1.06 bits per heavy atom. The molecule has 0 aromatic heterocycles. The van der Waals surface area contributed by atoms with Crippen molar-refractivity contribution in [1.82, 2.24) is 5.09 Å². The van der Waals surface area contributed by atoms with E-state index in [0.29, 0.717) is 0 Å². The van der Waals surface area contributed by atoms with Crippen LogP contribution in [0.15, 0.2) is 0 Å². The van der Waals surface area contributed by atoms with Gasteiger partial charge in [-0.15, -0.1) is 0 Å². The molecule has 1 N–H and O–H groups in total. The molecular weight excluding hydrogens is 237 g/mol. The standard InChI is InChI=1S/C12H28NO3P/c1-10(2,3)13-17(14,15-11(4,5)6)16-12(7,8)9/h1-9H3,(H,13,14). The molecule has 0 spiro atoms. The maximum absolute atomic E-state index is 12.7. The van der Waals surface area contributed by atoms with E-state index < -0.39 is 18.9 Å². The molecule has 4 nitrogen and oxygen atoms in total. The highest BCUT2D eigenvalue weighted by Gasteiger charge is 2.38. The maximum Gasteiger partial charge on any atom is 0.406 e. The Bertz CT molecular complexity index is 247. The third-order valence-electron chi connectivity index (χ3n) is 1.26. The first-order chi connectivity index (χ1) is 7.12. The summed E-state index contributed by atoms with van der Waals surface area (Å²) in [5.41, 5.74) is -1.40. The van der Waals surface area contributed by atoms with E-state index in [1.807, 2.05) is 62.3 Å². The summed E-state index contributed by atoms with van der Waals surface area (Å²) in [6, 6.07) is 0. The summed E-state index contributed by atoms with van der Waals surface area (Å²) >= 11 is 0. The molecule has 0 saturated carbocycles. The van der Waals surface area contributed by atoms with Crippen molar-refractivity contribution in [2.45, 2.75) is 79.1 Å². The Morgan fingerprint density at radius 1 is 0.765 bits per heavy atom. The van der Waals surface area contributed by atoms with E-state index in [1.165, 1.54) is 0 Å². The summed E-state index contributed by atoms with van der Waals surface area (Å²) in [4.78, 5) is 0. The topological polar surface area (TPSA) is 47.6 Å². The second-order valence-corrected chi connectivity index (χ2v) is 8.85. The molecule has 0 heterocycles. The fourth-order valence-electron chi connectivity index (χ4n) is 1.20. The molecule has 17 heavy (non-hydrogen) atoms. The molecule has 0 saturated heterocycles. The van der Waals surface area contributed by atoms with Gasteiger partial charge in [0.15, 0.2) is 0 Å². The number of nitrogens with one attached hydrogen (secondary N) is 1. The third-order valence-corrected chi connectivity index (χ3v) is 3.78. The first-order valence-electron chi connectivity index (χ1n) is 5.93. The van der Waals surface area contributed by atoms with Crippen LogP contribution in [0, 0.1) is 0 Å². The van der Waals surface area contributed by atoms with E-state index in [0.717, 1.165) is 0 Å². The van der Waals surface area contributed by atoms with E-state index in [1.54, 1.807) is 0 Å². The van der Waals surface area contributed by atoms with Crippen molar-refractivity contribution >= 4 is 7.75 Å². The fraction of sp³-hybridized carbons (Fsp3) is 1.00. The SMILES string of the molecule is CC(C)(C)NP(=O)(OC(C)(C)C)OC(C)(C)C. The van der Waals surface area contributed by atoms with Crippen LogP contribution in [0.3, 0.4) is 0 Å². The lowest BCUT2D eigenvalue weighted by molar-refractivity contribution is 0.0411. The summed E-state index contributed by atoms with van der Waals surface area (Å²) in [7, 11) is -3.33. The van der Waals surface area contributed by atoms with Crippen LogP contribution in [0.5, 0.6) is 0 Å². The summed E-state index contributed by atoms with van der Waals surface area (Å²) < 4.78 is 23.9. The normalized spacial score (nSPS) is 15.1. The number of hydrogen-bond acceptors (Lipinski definition) is 3. The highest BCUT2D eigenvalue weighted by Crippen LogP contribution is 2.52. The monoisotopic (exact) mass is 265 g/mol. The van der Waals surface area contributed by atoms with Crippen molar-refractivity contribution in [2.24, 2.45) is 0 Å². The van der Waals surface area contributed by atoms with Gasteiger partial charge in [-0.05, 0) is 62.3 Å². The van der Waals surface area contributed by atoms with Gasteiger partial charge in [0, 0.05) is 5.54 Å². The molecular formula is C12H28NO3P. The molecule has 0 amide bonds. The Labute approximate surface area is 106 Å². The van der Waals surface area contributed by atoms with E-state index in [4.69, 9.17) is 9.05 Å². The van der Waals surface area contributed by atoms with E-state index >= 15 is 0 Å². The molecule has 0 bridgehead atoms. The van der Waals surface area contributed by atoms with Crippen LogP contribution in [0.1, 0.15) is 62.3 Å². The Kier molecular flexibility index (Phi) is 5.04. The second kappa shape index (κ2) is 5.00. The Morgan fingerprint density at radius 3 is 1.24 bits per heavy atom. The van der Waals surface area contributed by atoms with Gasteiger partial charge in [-0.3, -0.25) is 9.05 Å². The number of hydrogen-bond donors (Lipinski definition) is 1. The molecule has 0 aliphatic carbocycles. The third kappa shape index (κ3) is 9.78. The van der Waals surface area contributed by atoms with Crippen LogP contribution < -0.4 is 5.09 Å². The second-order valence-electron chi connectivity index (χ2n) is 7.27. The Hall–Kier alpha value is 0.110. The van der Waals surface area contributed by atoms with Crippen LogP contribution in [-0.2, 0) is 13.6 Å². The van der Waals surface area contributed by atoms with Crippen molar-refractivity contribution in [3.05, 3.63) is 0 Å². The average molecular weight is 265 g/mol. The van der Waals surface area contributed by atoms with E-state index in [-0.39, 0.29) is 5.54 Å². The van der Waals surface area contributed by atoms with Crippen molar-refractivity contribution in [3.63, 3.8) is 0 Å². The Balaban J connectivity index is 5.03. The molecule has 0 radical (unpaired) electrons. The van der Waals surface area contributed by atoms with Gasteiger partial charge in [-0.25, -0.2) is 9.65 Å². The van der Waals surface area contributed by atoms with Gasteiger partial charge in [0.05, 0.1) is 11.2 Å². The molecule has 104 valence electrons. The van der Waals surface area contributed by atoms with Gasteiger partial charge < -0.3 is 0 Å². The van der Waals surface area contributed by atoms with Gasteiger partial charge in [-0.2, -0.15) is 0 Å². The lowest BCUT2D eigenvalue weighted by Crippen LogP contribution is -2.38. The molecule has 0 aromatic carbocycles. The molecule has 5 heteroatoms. The molecule has 0 aliphatic heterocycles. The zero-order valence-electron chi connectivity index (χ0n) is 12.7. The van der Waals surface area contributed by atoms with Crippen molar-refractivity contribution in [3.8, 4) is 0 Å². The summed E-state index contributed by atoms with van der Waals surface area (Å²) in [6.45, 7) is 16.9. The molecule has 0 rings (SSSR count). The minimum Gasteiger partial charge on any atom is -0.291 e. The highest BCUT2D eigenvalue weighted by atomic mass is 31.2. The lowest BCUT2D eigenvalue weighted by Gasteiger charge is -2.35. The predicted octanol–water partition coefficient (Wildman–Crippen LogP) is 4.11. The summed E-state index contributed by atoms with van der Waals surface area (Å²) in [6.07, 6.45) is 0. The zero-order chi connectivity index (χ0) is 14.1. The summed E-state index contributed by atoms with van der Waals surface area (Å²) in [5, 5.41) is 2.96. The van der Waals surface area contributed by atoms with Crippen LogP contribution >= 0.6 is 7.75 Å². The van der Waals surface area contributed by atoms with Crippen molar-refractivity contribution in [2.75, 3.05) is 0 Å². The van der Waals surface area contributed by atoms with Crippen molar-refractivity contribution in [1.29, 1.82) is 0 Å². The molecule has 0 fully saturated rings.